The average molecular weight is 316 g/mol. The van der Waals surface area contributed by atoms with Crippen LogP contribution in [0.15, 0.2) is 60.7 Å². The monoisotopic (exact) mass is 316 g/mol. The molecule has 3 aromatic carbocycles. The Morgan fingerprint density at radius 2 is 1.58 bits per heavy atom. The molecule has 1 aliphatic heterocycles. The van der Waals surface area contributed by atoms with Gasteiger partial charge in [0.1, 0.15) is 11.5 Å². The quantitative estimate of drug-likeness (QED) is 0.463. The van der Waals surface area contributed by atoms with E-state index in [1.807, 2.05) is 48.5 Å². The van der Waals surface area contributed by atoms with Gasteiger partial charge in [0.15, 0.2) is 0 Å². The highest BCUT2D eigenvalue weighted by Crippen LogP contribution is 2.31. The second-order valence-electron chi connectivity index (χ2n) is 6.03. The number of hydrogen-bond acceptors (Lipinski definition) is 3. The van der Waals surface area contributed by atoms with Crippen LogP contribution in [0.5, 0.6) is 5.75 Å². The van der Waals surface area contributed by atoms with E-state index in [0.717, 1.165) is 21.9 Å². The number of ether oxygens (including phenoxy) is 1. The number of carbonyl (C=O) groups excluding carboxylic acids is 2. The number of hydrogen-bond donors (Lipinski definition) is 0. The lowest BCUT2D eigenvalue weighted by molar-refractivity contribution is -0.118. The second kappa shape index (κ2) is 5.93. The van der Waals surface area contributed by atoms with Crippen LogP contribution in [0.25, 0.3) is 10.8 Å². The molecule has 0 aliphatic carbocycles. The third-order valence-corrected chi connectivity index (χ3v) is 4.48. The summed E-state index contributed by atoms with van der Waals surface area (Å²) in [5.41, 5.74) is 2.19. The van der Waals surface area contributed by atoms with Crippen LogP contribution < -0.4 is 4.74 Å². The molecule has 0 bridgehead atoms. The lowest BCUT2D eigenvalue weighted by Gasteiger charge is -2.16. The first kappa shape index (κ1) is 14.6. The van der Waals surface area contributed by atoms with Crippen LogP contribution in [0.3, 0.4) is 0 Å². The molecule has 0 unspecified atom stereocenters. The summed E-state index contributed by atoms with van der Waals surface area (Å²) >= 11 is 0. The summed E-state index contributed by atoms with van der Waals surface area (Å²) < 4.78 is 5.66. The maximum atomic E-state index is 12.6. The Hall–Kier alpha value is -2.94. The van der Waals surface area contributed by atoms with Crippen molar-refractivity contribution in [1.29, 1.82) is 0 Å². The predicted molar refractivity (Wildman–Crippen MR) is 92.4 cm³/mol. The highest BCUT2D eigenvalue weighted by atomic mass is 16.5. The smallest absolute Gasteiger partial charge is 0.343 e. The molecule has 4 rings (SSSR count). The van der Waals surface area contributed by atoms with Crippen LogP contribution in [0.2, 0.25) is 0 Å². The molecule has 1 aliphatic rings. The van der Waals surface area contributed by atoms with Gasteiger partial charge in [-0.3, -0.25) is 4.79 Å². The van der Waals surface area contributed by atoms with Gasteiger partial charge < -0.3 is 4.74 Å². The van der Waals surface area contributed by atoms with Gasteiger partial charge in [-0.25, -0.2) is 4.79 Å². The first-order chi connectivity index (χ1) is 11.7. The molecule has 3 nitrogen and oxygen atoms in total. The molecule has 3 heteroatoms. The van der Waals surface area contributed by atoms with Crippen molar-refractivity contribution in [3.05, 3.63) is 77.4 Å². The van der Waals surface area contributed by atoms with Crippen LogP contribution >= 0.6 is 0 Å². The summed E-state index contributed by atoms with van der Waals surface area (Å²) in [6.45, 7) is 0. The van der Waals surface area contributed by atoms with Gasteiger partial charge in [0.2, 0.25) is 0 Å². The van der Waals surface area contributed by atoms with E-state index >= 15 is 0 Å². The van der Waals surface area contributed by atoms with Crippen molar-refractivity contribution < 1.29 is 14.3 Å². The topological polar surface area (TPSA) is 43.4 Å². The van der Waals surface area contributed by atoms with E-state index in [9.17, 15) is 9.59 Å². The standard InChI is InChI=1S/C21H16O3/c22-16-11-9-15-6-2-4-8-18(15)21(23)24-20-12-10-14-5-1-3-7-17(14)19(20)13-16/h1-8,10,12H,9,11,13H2. The van der Waals surface area contributed by atoms with Crippen LogP contribution in [-0.4, -0.2) is 11.8 Å². The Morgan fingerprint density at radius 1 is 0.792 bits per heavy atom. The highest BCUT2D eigenvalue weighted by molar-refractivity contribution is 5.97. The molecule has 0 spiro atoms. The molecule has 0 amide bonds. The molecule has 0 radical (unpaired) electrons. The highest BCUT2D eigenvalue weighted by Gasteiger charge is 2.20. The first-order valence-electron chi connectivity index (χ1n) is 8.05. The van der Waals surface area contributed by atoms with Gasteiger partial charge in [0, 0.05) is 18.4 Å². The molecule has 1 heterocycles. The number of fused-ring (bicyclic) bond motifs is 4. The van der Waals surface area contributed by atoms with Gasteiger partial charge >= 0.3 is 5.97 Å². The largest absolute Gasteiger partial charge is 0.423 e. The Bertz CT molecular complexity index is 956. The van der Waals surface area contributed by atoms with Gasteiger partial charge in [-0.15, -0.1) is 0 Å². The Morgan fingerprint density at radius 3 is 2.50 bits per heavy atom. The zero-order chi connectivity index (χ0) is 16.5. The van der Waals surface area contributed by atoms with Gasteiger partial charge in [0.25, 0.3) is 0 Å². The molecule has 118 valence electrons. The van der Waals surface area contributed by atoms with Crippen molar-refractivity contribution in [2.45, 2.75) is 19.3 Å². The molecule has 3 aromatic rings. The fourth-order valence-corrected chi connectivity index (χ4v) is 3.25. The zero-order valence-corrected chi connectivity index (χ0v) is 13.1. The van der Waals surface area contributed by atoms with E-state index in [2.05, 4.69) is 0 Å². The molecular weight excluding hydrogens is 300 g/mol. The molecule has 0 N–H and O–H groups in total. The van der Waals surface area contributed by atoms with Gasteiger partial charge in [-0.1, -0.05) is 48.5 Å². The minimum atomic E-state index is -0.364. The maximum Gasteiger partial charge on any atom is 0.343 e. The van der Waals surface area contributed by atoms with Gasteiger partial charge in [-0.05, 0) is 34.9 Å². The minimum absolute atomic E-state index is 0.153. The molecule has 0 fully saturated rings. The third kappa shape index (κ3) is 2.58. The van der Waals surface area contributed by atoms with Crippen molar-refractivity contribution in [3.8, 4) is 5.75 Å². The summed E-state index contributed by atoms with van der Waals surface area (Å²) in [4.78, 5) is 25.1. The number of aryl methyl sites for hydroxylation is 1. The number of carbonyl (C=O) groups is 2. The molecule has 24 heavy (non-hydrogen) atoms. The molecule has 0 aromatic heterocycles. The molecule has 0 saturated carbocycles. The summed E-state index contributed by atoms with van der Waals surface area (Å²) in [5, 5.41) is 2.00. The Kier molecular flexibility index (Phi) is 3.62. The van der Waals surface area contributed by atoms with E-state index in [1.54, 1.807) is 12.1 Å². The number of rotatable bonds is 0. The zero-order valence-electron chi connectivity index (χ0n) is 13.1. The summed E-state index contributed by atoms with van der Waals surface area (Å²) in [6, 6.07) is 18.9. The van der Waals surface area contributed by atoms with Crippen LogP contribution in [0.4, 0.5) is 0 Å². The van der Waals surface area contributed by atoms with Crippen LogP contribution in [-0.2, 0) is 17.6 Å². The number of Topliss-reactive ketones (excluding diaryl/α,β-unsaturated/α-hetero) is 1. The number of ketones is 1. The minimum Gasteiger partial charge on any atom is -0.423 e. The van der Waals surface area contributed by atoms with Crippen LogP contribution in [0.1, 0.15) is 27.9 Å². The molecular formula is C21H16O3. The predicted octanol–water partition coefficient (Wildman–Crippen LogP) is 4.12. The summed E-state index contributed by atoms with van der Waals surface area (Å²) in [7, 11) is 0. The first-order valence-corrected chi connectivity index (χ1v) is 8.05. The fraction of sp³-hybridized carbons (Fsp3) is 0.143. The number of esters is 1. The van der Waals surface area contributed by atoms with Gasteiger partial charge in [0.05, 0.1) is 5.56 Å². The van der Waals surface area contributed by atoms with E-state index in [0.29, 0.717) is 24.2 Å². The molecule has 0 saturated heterocycles. The SMILES string of the molecule is O=C1CCc2ccccc2C(=O)Oc2ccc3ccccc3c2C1. The van der Waals surface area contributed by atoms with E-state index in [-0.39, 0.29) is 18.2 Å². The Balaban J connectivity index is 1.88. The van der Waals surface area contributed by atoms with Crippen molar-refractivity contribution in [1.82, 2.24) is 0 Å². The normalized spacial score (nSPS) is 14.7. The van der Waals surface area contributed by atoms with Crippen molar-refractivity contribution >= 4 is 22.5 Å². The van der Waals surface area contributed by atoms with Crippen molar-refractivity contribution in [3.63, 3.8) is 0 Å². The lowest BCUT2D eigenvalue weighted by atomic mass is 9.95. The molecule has 0 atom stereocenters. The summed E-state index contributed by atoms with van der Waals surface area (Å²) in [6.07, 6.45) is 1.27. The second-order valence-corrected chi connectivity index (χ2v) is 6.03. The van der Waals surface area contributed by atoms with Gasteiger partial charge in [-0.2, -0.15) is 0 Å². The summed E-state index contributed by atoms with van der Waals surface area (Å²) in [5.74, 6) is 0.264. The maximum absolute atomic E-state index is 12.6. The average Bonchev–Trinajstić information content (AvgIpc) is 2.61. The van der Waals surface area contributed by atoms with E-state index in [4.69, 9.17) is 4.74 Å². The van der Waals surface area contributed by atoms with E-state index in [1.165, 1.54) is 0 Å². The van der Waals surface area contributed by atoms with Crippen molar-refractivity contribution in [2.75, 3.05) is 0 Å². The lowest BCUT2D eigenvalue weighted by Crippen LogP contribution is -2.16. The third-order valence-electron chi connectivity index (χ3n) is 4.48. The fourth-order valence-electron chi connectivity index (χ4n) is 3.25. The Labute approximate surface area is 139 Å². The van der Waals surface area contributed by atoms with E-state index < -0.39 is 0 Å². The van der Waals surface area contributed by atoms with Crippen LogP contribution in [0, 0.1) is 0 Å². The van der Waals surface area contributed by atoms with Crippen molar-refractivity contribution in [2.24, 2.45) is 0 Å². The number of benzene rings is 3.